The number of hydrogen-bond acceptors (Lipinski definition) is 5. The molecule has 0 spiro atoms. The predicted octanol–water partition coefficient (Wildman–Crippen LogP) is 2.35. The summed E-state index contributed by atoms with van der Waals surface area (Å²) in [7, 11) is 0. The molecule has 1 aliphatic rings. The van der Waals surface area contributed by atoms with E-state index >= 15 is 0 Å². The van der Waals surface area contributed by atoms with Gasteiger partial charge in [-0.25, -0.2) is 4.98 Å². The van der Waals surface area contributed by atoms with Crippen LogP contribution in [0.25, 0.3) is 0 Å². The van der Waals surface area contributed by atoms with Crippen LogP contribution in [0.15, 0.2) is 41.9 Å². The maximum Gasteiger partial charge on any atom is 0.217 e. The molecule has 128 valence electrons. The van der Waals surface area contributed by atoms with Crippen molar-refractivity contribution in [3.05, 3.63) is 52.5 Å². The van der Waals surface area contributed by atoms with Crippen molar-refractivity contribution in [2.24, 2.45) is 0 Å². The van der Waals surface area contributed by atoms with E-state index in [0.717, 1.165) is 17.1 Å². The molecule has 1 aromatic carbocycles. The van der Waals surface area contributed by atoms with Gasteiger partial charge in [0.2, 0.25) is 5.91 Å². The molecule has 1 aliphatic heterocycles. The molecule has 1 fully saturated rings. The van der Waals surface area contributed by atoms with Crippen LogP contribution in [0, 0.1) is 0 Å². The molecule has 0 saturated carbocycles. The third-order valence-electron chi connectivity index (χ3n) is 4.61. The van der Waals surface area contributed by atoms with Crippen molar-refractivity contribution in [3.63, 3.8) is 0 Å². The number of carbonyl (C=O) groups is 1. The lowest BCUT2D eigenvalue weighted by Crippen LogP contribution is -2.62. The number of rotatable bonds is 4. The van der Waals surface area contributed by atoms with Crippen LogP contribution < -0.4 is 5.32 Å². The van der Waals surface area contributed by atoms with Gasteiger partial charge in [-0.15, -0.1) is 11.3 Å². The number of benzene rings is 1. The zero-order chi connectivity index (χ0) is 17.2. The number of likely N-dealkylation sites (tertiary alicyclic amines) is 1. The van der Waals surface area contributed by atoms with Crippen molar-refractivity contribution < 1.29 is 9.90 Å². The highest BCUT2D eigenvalue weighted by atomic mass is 32.1. The summed E-state index contributed by atoms with van der Waals surface area (Å²) in [5, 5.41) is 16.9. The van der Waals surface area contributed by atoms with Crippen LogP contribution in [0.3, 0.4) is 0 Å². The molecule has 6 heteroatoms. The van der Waals surface area contributed by atoms with Gasteiger partial charge in [-0.2, -0.15) is 0 Å². The number of nitrogens with zero attached hydrogens (tertiary/aromatic N) is 2. The standard InChI is InChI=1S/C18H23N3O2S/c1-13(22)20-17-16(14-6-4-3-5-7-14)21(10-8-18(17,2)23)12-15-19-9-11-24-15/h3-7,9,11,16-17,23H,8,10,12H2,1-2H3,(H,20,22)/t16-,17-,18+/m0/s1. The summed E-state index contributed by atoms with van der Waals surface area (Å²) in [6.45, 7) is 4.77. The maximum absolute atomic E-state index is 11.7. The Morgan fingerprint density at radius 3 is 2.83 bits per heavy atom. The van der Waals surface area contributed by atoms with Crippen molar-refractivity contribution in [2.45, 2.75) is 44.5 Å². The normalized spacial score (nSPS) is 27.8. The van der Waals surface area contributed by atoms with E-state index < -0.39 is 5.60 Å². The van der Waals surface area contributed by atoms with Crippen molar-refractivity contribution in [1.29, 1.82) is 0 Å². The Hall–Kier alpha value is -1.76. The summed E-state index contributed by atoms with van der Waals surface area (Å²) in [4.78, 5) is 18.4. The van der Waals surface area contributed by atoms with Gasteiger partial charge in [0.15, 0.2) is 0 Å². The lowest BCUT2D eigenvalue weighted by Gasteiger charge is -2.49. The van der Waals surface area contributed by atoms with Crippen LogP contribution in [0.1, 0.15) is 36.9 Å². The number of thiazole rings is 1. The fourth-order valence-corrected chi connectivity index (χ4v) is 4.05. The van der Waals surface area contributed by atoms with Crippen LogP contribution in [-0.4, -0.2) is 39.1 Å². The van der Waals surface area contributed by atoms with Gasteiger partial charge in [0.05, 0.1) is 24.2 Å². The quantitative estimate of drug-likeness (QED) is 0.893. The fraction of sp³-hybridized carbons (Fsp3) is 0.444. The molecule has 2 heterocycles. The van der Waals surface area contributed by atoms with Crippen LogP contribution in [-0.2, 0) is 11.3 Å². The highest BCUT2D eigenvalue weighted by Crippen LogP contribution is 2.38. The zero-order valence-corrected chi connectivity index (χ0v) is 14.8. The Morgan fingerprint density at radius 1 is 1.46 bits per heavy atom. The van der Waals surface area contributed by atoms with Gasteiger partial charge >= 0.3 is 0 Å². The van der Waals surface area contributed by atoms with E-state index in [4.69, 9.17) is 0 Å². The average molecular weight is 345 g/mol. The second-order valence-electron chi connectivity index (χ2n) is 6.54. The minimum atomic E-state index is -0.953. The number of aliphatic hydroxyl groups is 1. The molecular weight excluding hydrogens is 322 g/mol. The minimum Gasteiger partial charge on any atom is -0.388 e. The molecule has 2 aromatic rings. The predicted molar refractivity (Wildman–Crippen MR) is 94.6 cm³/mol. The number of amides is 1. The van der Waals surface area contributed by atoms with E-state index in [9.17, 15) is 9.90 Å². The maximum atomic E-state index is 11.7. The van der Waals surface area contributed by atoms with Gasteiger partial charge < -0.3 is 10.4 Å². The van der Waals surface area contributed by atoms with Crippen molar-refractivity contribution in [2.75, 3.05) is 6.54 Å². The van der Waals surface area contributed by atoms with E-state index in [0.29, 0.717) is 13.0 Å². The van der Waals surface area contributed by atoms with Gasteiger partial charge in [0.25, 0.3) is 0 Å². The van der Waals surface area contributed by atoms with Gasteiger partial charge in [0, 0.05) is 25.0 Å². The van der Waals surface area contributed by atoms with E-state index in [1.165, 1.54) is 6.92 Å². The Balaban J connectivity index is 1.97. The lowest BCUT2D eigenvalue weighted by molar-refractivity contribution is -0.126. The van der Waals surface area contributed by atoms with Gasteiger partial charge in [-0.05, 0) is 18.9 Å². The Bertz CT molecular complexity index is 673. The molecule has 5 nitrogen and oxygen atoms in total. The molecule has 0 unspecified atom stereocenters. The van der Waals surface area contributed by atoms with Gasteiger partial charge in [-0.1, -0.05) is 30.3 Å². The largest absolute Gasteiger partial charge is 0.388 e. The molecule has 24 heavy (non-hydrogen) atoms. The van der Waals surface area contributed by atoms with E-state index in [2.05, 4.69) is 27.3 Å². The molecule has 0 radical (unpaired) electrons. The molecule has 1 saturated heterocycles. The number of piperidine rings is 1. The topological polar surface area (TPSA) is 65.5 Å². The molecule has 1 amide bonds. The Kier molecular flexibility index (Phi) is 4.99. The third-order valence-corrected chi connectivity index (χ3v) is 5.37. The van der Waals surface area contributed by atoms with Crippen LogP contribution >= 0.6 is 11.3 Å². The van der Waals surface area contributed by atoms with Crippen LogP contribution in [0.2, 0.25) is 0 Å². The molecule has 3 atom stereocenters. The van der Waals surface area contributed by atoms with Crippen molar-refractivity contribution in [3.8, 4) is 0 Å². The smallest absolute Gasteiger partial charge is 0.217 e. The first kappa shape index (κ1) is 17.1. The van der Waals surface area contributed by atoms with Crippen molar-refractivity contribution in [1.82, 2.24) is 15.2 Å². The summed E-state index contributed by atoms with van der Waals surface area (Å²) >= 11 is 1.63. The van der Waals surface area contributed by atoms with Crippen molar-refractivity contribution >= 4 is 17.2 Å². The highest BCUT2D eigenvalue weighted by molar-refractivity contribution is 7.09. The summed E-state index contributed by atoms with van der Waals surface area (Å²) in [6, 6.07) is 9.60. The molecule has 1 aromatic heterocycles. The Morgan fingerprint density at radius 2 is 2.21 bits per heavy atom. The highest BCUT2D eigenvalue weighted by Gasteiger charge is 2.45. The first-order valence-electron chi connectivity index (χ1n) is 8.14. The number of nitrogens with one attached hydrogen (secondary N) is 1. The fourth-order valence-electron chi connectivity index (χ4n) is 3.40. The molecule has 2 N–H and O–H groups in total. The SMILES string of the molecule is CC(=O)N[C@H]1[C@H](c2ccccc2)N(Cc2nccs2)CC[C@@]1(C)O. The number of carbonyl (C=O) groups excluding carboxylic acids is 1. The second-order valence-corrected chi connectivity index (χ2v) is 7.52. The minimum absolute atomic E-state index is 0.0947. The second kappa shape index (κ2) is 7.01. The zero-order valence-electron chi connectivity index (χ0n) is 14.0. The third kappa shape index (κ3) is 3.66. The summed E-state index contributed by atoms with van der Waals surface area (Å²) in [5.41, 5.74) is 0.138. The summed E-state index contributed by atoms with van der Waals surface area (Å²) in [6.07, 6.45) is 2.41. The average Bonchev–Trinajstić information content (AvgIpc) is 3.04. The molecule has 3 rings (SSSR count). The lowest BCUT2D eigenvalue weighted by atomic mass is 9.79. The molecular formula is C18H23N3O2S. The first-order chi connectivity index (χ1) is 11.5. The summed E-state index contributed by atoms with van der Waals surface area (Å²) in [5.74, 6) is -0.127. The Labute approximate surface area is 146 Å². The monoisotopic (exact) mass is 345 g/mol. The van der Waals surface area contributed by atoms with Crippen LogP contribution in [0.4, 0.5) is 0 Å². The molecule has 0 bridgehead atoms. The summed E-state index contributed by atoms with van der Waals surface area (Å²) < 4.78 is 0. The first-order valence-corrected chi connectivity index (χ1v) is 9.02. The van der Waals surface area contributed by atoms with Gasteiger partial charge in [0.1, 0.15) is 5.01 Å². The van der Waals surface area contributed by atoms with E-state index in [-0.39, 0.29) is 18.0 Å². The van der Waals surface area contributed by atoms with E-state index in [1.54, 1.807) is 11.3 Å². The van der Waals surface area contributed by atoms with Gasteiger partial charge in [-0.3, -0.25) is 9.69 Å². The number of aromatic nitrogens is 1. The van der Waals surface area contributed by atoms with E-state index in [1.807, 2.05) is 36.7 Å². The number of hydrogen-bond donors (Lipinski definition) is 2. The molecule has 0 aliphatic carbocycles. The van der Waals surface area contributed by atoms with Crippen LogP contribution in [0.5, 0.6) is 0 Å².